The molecule has 1 aromatic heterocycles. The van der Waals surface area contributed by atoms with Crippen LogP contribution in [-0.4, -0.2) is 35.2 Å². The molecule has 0 bridgehead atoms. The molecule has 0 aliphatic carbocycles. The number of carbonyl (C=O) groups is 1. The highest BCUT2D eigenvalue weighted by Crippen LogP contribution is 2.25. The highest BCUT2D eigenvalue weighted by atomic mass is 19.4. The van der Waals surface area contributed by atoms with Gasteiger partial charge in [0.25, 0.3) is 5.91 Å². The number of carbonyl (C=O) groups excluding carboxylic acids is 1. The Labute approximate surface area is 140 Å². The van der Waals surface area contributed by atoms with Gasteiger partial charge in [-0.2, -0.15) is 0 Å². The van der Waals surface area contributed by atoms with Crippen molar-refractivity contribution in [3.8, 4) is 11.5 Å². The standard InChI is InChI=1S/C16H13F3N2O4/c17-16(18,19)25-12-5-3-11(4-6-12)23-10-14-20-13(9-24-14)15(22)21-7-1-2-8-21/h1-6,9H,7-8,10H2. The average Bonchev–Trinajstić information content (AvgIpc) is 3.24. The molecule has 2 aromatic rings. The third-order valence-corrected chi connectivity index (χ3v) is 3.30. The van der Waals surface area contributed by atoms with Crippen LogP contribution in [0.2, 0.25) is 0 Å². The predicted molar refractivity (Wildman–Crippen MR) is 79.0 cm³/mol. The number of hydrogen-bond acceptors (Lipinski definition) is 5. The quantitative estimate of drug-likeness (QED) is 0.772. The molecule has 0 radical (unpaired) electrons. The molecule has 0 saturated carbocycles. The zero-order chi connectivity index (χ0) is 17.9. The Kier molecular flexibility index (Phi) is 4.64. The van der Waals surface area contributed by atoms with E-state index in [1.807, 2.05) is 12.2 Å². The number of ether oxygens (including phenoxy) is 2. The highest BCUT2D eigenvalue weighted by Gasteiger charge is 2.31. The van der Waals surface area contributed by atoms with Gasteiger partial charge in [-0.05, 0) is 24.3 Å². The van der Waals surface area contributed by atoms with Crippen LogP contribution >= 0.6 is 0 Å². The second kappa shape index (κ2) is 6.88. The molecule has 1 amide bonds. The summed E-state index contributed by atoms with van der Waals surface area (Å²) in [4.78, 5) is 17.8. The fourth-order valence-electron chi connectivity index (χ4n) is 2.16. The lowest BCUT2D eigenvalue weighted by atomic mass is 10.3. The number of benzene rings is 1. The lowest BCUT2D eigenvalue weighted by Crippen LogP contribution is -2.28. The van der Waals surface area contributed by atoms with Crippen LogP contribution in [0.5, 0.6) is 11.5 Å². The number of oxazole rings is 1. The first-order valence-corrected chi connectivity index (χ1v) is 7.28. The number of aromatic nitrogens is 1. The maximum atomic E-state index is 12.1. The number of halogens is 3. The summed E-state index contributed by atoms with van der Waals surface area (Å²) >= 11 is 0. The van der Waals surface area contributed by atoms with Crippen molar-refractivity contribution in [3.05, 3.63) is 54.3 Å². The van der Waals surface area contributed by atoms with Gasteiger partial charge in [-0.15, -0.1) is 13.2 Å². The van der Waals surface area contributed by atoms with E-state index in [0.29, 0.717) is 18.8 Å². The van der Waals surface area contributed by atoms with E-state index in [2.05, 4.69) is 9.72 Å². The summed E-state index contributed by atoms with van der Waals surface area (Å²) in [5.41, 5.74) is 0.177. The predicted octanol–water partition coefficient (Wildman–Crippen LogP) is 3.16. The van der Waals surface area contributed by atoms with Crippen LogP contribution in [0.25, 0.3) is 0 Å². The Bertz CT molecular complexity index is 760. The second-order valence-corrected chi connectivity index (χ2v) is 5.12. The minimum atomic E-state index is -4.74. The van der Waals surface area contributed by atoms with Crippen LogP contribution in [0.4, 0.5) is 13.2 Å². The monoisotopic (exact) mass is 354 g/mol. The van der Waals surface area contributed by atoms with E-state index in [0.717, 1.165) is 12.1 Å². The van der Waals surface area contributed by atoms with Crippen molar-refractivity contribution in [2.24, 2.45) is 0 Å². The van der Waals surface area contributed by atoms with Crippen LogP contribution in [0.15, 0.2) is 47.1 Å². The van der Waals surface area contributed by atoms with E-state index in [9.17, 15) is 18.0 Å². The minimum Gasteiger partial charge on any atom is -0.484 e. The number of rotatable bonds is 5. The van der Waals surface area contributed by atoms with E-state index in [-0.39, 0.29) is 29.8 Å². The zero-order valence-corrected chi connectivity index (χ0v) is 12.8. The maximum Gasteiger partial charge on any atom is 0.573 e. The molecule has 1 aliphatic heterocycles. The van der Waals surface area contributed by atoms with Gasteiger partial charge in [0.1, 0.15) is 17.8 Å². The zero-order valence-electron chi connectivity index (χ0n) is 12.8. The fourth-order valence-corrected chi connectivity index (χ4v) is 2.16. The molecule has 1 aliphatic rings. The molecular weight excluding hydrogens is 341 g/mol. The van der Waals surface area contributed by atoms with Crippen molar-refractivity contribution < 1.29 is 31.9 Å². The van der Waals surface area contributed by atoms with Gasteiger partial charge in [0, 0.05) is 13.1 Å². The van der Waals surface area contributed by atoms with Gasteiger partial charge in [-0.1, -0.05) is 12.2 Å². The molecule has 0 spiro atoms. The van der Waals surface area contributed by atoms with Gasteiger partial charge >= 0.3 is 6.36 Å². The molecule has 132 valence electrons. The Morgan fingerprint density at radius 2 is 1.80 bits per heavy atom. The van der Waals surface area contributed by atoms with E-state index in [1.54, 1.807) is 4.90 Å². The topological polar surface area (TPSA) is 64.8 Å². The van der Waals surface area contributed by atoms with Gasteiger partial charge in [0.15, 0.2) is 12.3 Å². The van der Waals surface area contributed by atoms with Crippen molar-refractivity contribution in [3.63, 3.8) is 0 Å². The maximum absolute atomic E-state index is 12.1. The normalized spacial score (nSPS) is 14.0. The SMILES string of the molecule is O=C(c1coc(COc2ccc(OC(F)(F)F)cc2)n1)N1CC=CC1. The summed E-state index contributed by atoms with van der Waals surface area (Å²) in [6, 6.07) is 4.92. The smallest absolute Gasteiger partial charge is 0.484 e. The summed E-state index contributed by atoms with van der Waals surface area (Å²) < 4.78 is 50.6. The number of amides is 1. The molecule has 9 heteroatoms. The fraction of sp³-hybridized carbons (Fsp3) is 0.250. The first-order chi connectivity index (χ1) is 11.9. The van der Waals surface area contributed by atoms with Crippen LogP contribution in [0.3, 0.4) is 0 Å². The molecule has 0 unspecified atom stereocenters. The van der Waals surface area contributed by atoms with Crippen LogP contribution in [0, 0.1) is 0 Å². The minimum absolute atomic E-state index is 0.0645. The van der Waals surface area contributed by atoms with E-state index < -0.39 is 6.36 Å². The molecule has 3 rings (SSSR count). The number of hydrogen-bond donors (Lipinski definition) is 0. The Morgan fingerprint density at radius 3 is 2.44 bits per heavy atom. The molecule has 0 atom stereocenters. The van der Waals surface area contributed by atoms with Gasteiger partial charge in [-0.3, -0.25) is 4.79 Å². The van der Waals surface area contributed by atoms with E-state index in [1.165, 1.54) is 18.4 Å². The molecule has 0 N–H and O–H groups in total. The van der Waals surface area contributed by atoms with E-state index >= 15 is 0 Å². The summed E-state index contributed by atoms with van der Waals surface area (Å²) in [7, 11) is 0. The van der Waals surface area contributed by atoms with Crippen molar-refractivity contribution in [2.45, 2.75) is 13.0 Å². The largest absolute Gasteiger partial charge is 0.573 e. The lowest BCUT2D eigenvalue weighted by Gasteiger charge is -2.12. The Hall–Kier alpha value is -2.97. The third-order valence-electron chi connectivity index (χ3n) is 3.30. The summed E-state index contributed by atoms with van der Waals surface area (Å²) in [6.07, 6.45) is 0.274. The molecule has 0 saturated heterocycles. The summed E-state index contributed by atoms with van der Waals surface area (Å²) in [6.45, 7) is 0.999. The van der Waals surface area contributed by atoms with Gasteiger partial charge in [0.05, 0.1) is 0 Å². The average molecular weight is 354 g/mol. The number of alkyl halides is 3. The van der Waals surface area contributed by atoms with Crippen LogP contribution in [0.1, 0.15) is 16.4 Å². The highest BCUT2D eigenvalue weighted by molar-refractivity contribution is 5.92. The summed E-state index contributed by atoms with van der Waals surface area (Å²) in [5.74, 6) is -0.0906. The van der Waals surface area contributed by atoms with Crippen molar-refractivity contribution in [2.75, 3.05) is 13.1 Å². The van der Waals surface area contributed by atoms with Gasteiger partial charge in [-0.25, -0.2) is 4.98 Å². The Morgan fingerprint density at radius 1 is 1.16 bits per heavy atom. The van der Waals surface area contributed by atoms with E-state index in [4.69, 9.17) is 9.15 Å². The molecular formula is C16H13F3N2O4. The molecule has 6 nitrogen and oxygen atoms in total. The van der Waals surface area contributed by atoms with Crippen molar-refractivity contribution >= 4 is 5.91 Å². The van der Waals surface area contributed by atoms with Crippen molar-refractivity contribution in [1.82, 2.24) is 9.88 Å². The van der Waals surface area contributed by atoms with Gasteiger partial charge < -0.3 is 18.8 Å². The first-order valence-electron chi connectivity index (χ1n) is 7.28. The third kappa shape index (κ3) is 4.52. The molecule has 0 fully saturated rings. The van der Waals surface area contributed by atoms with Gasteiger partial charge in [0.2, 0.25) is 5.89 Å². The number of nitrogens with zero attached hydrogens (tertiary/aromatic N) is 2. The molecule has 1 aromatic carbocycles. The van der Waals surface area contributed by atoms with Crippen molar-refractivity contribution in [1.29, 1.82) is 0 Å². The Balaban J connectivity index is 1.54. The van der Waals surface area contributed by atoms with Crippen LogP contribution in [-0.2, 0) is 6.61 Å². The molecule has 2 heterocycles. The lowest BCUT2D eigenvalue weighted by molar-refractivity contribution is -0.274. The van der Waals surface area contributed by atoms with Crippen LogP contribution < -0.4 is 9.47 Å². The first kappa shape index (κ1) is 16.9. The summed E-state index contributed by atoms with van der Waals surface area (Å²) in [5, 5.41) is 0. The second-order valence-electron chi connectivity index (χ2n) is 5.12. The molecule has 25 heavy (non-hydrogen) atoms.